The van der Waals surface area contributed by atoms with E-state index in [4.69, 9.17) is 0 Å². The smallest absolute Gasteiger partial charge is 0.286 e. The van der Waals surface area contributed by atoms with Crippen molar-refractivity contribution in [1.29, 1.82) is 0 Å². The van der Waals surface area contributed by atoms with E-state index < -0.39 is 11.8 Å². The van der Waals surface area contributed by atoms with Gasteiger partial charge in [0.05, 0.1) is 12.4 Å². The Morgan fingerprint density at radius 3 is 2.16 bits per heavy atom. The fourth-order valence-electron chi connectivity index (χ4n) is 2.69. The van der Waals surface area contributed by atoms with E-state index >= 15 is 0 Å². The molecule has 1 N–H and O–H groups in total. The third-order valence-corrected chi connectivity index (χ3v) is 4.42. The number of nitrogens with zero attached hydrogens (tertiary/aromatic N) is 7. The third kappa shape index (κ3) is 6.20. The average molecular weight is 432 g/mol. The minimum atomic E-state index is -3.01. The molecule has 0 radical (unpaired) electrons. The number of unbranched alkanes of at least 4 members (excludes halogenated alkanes) is 1. The Balaban J connectivity index is 1.42. The highest BCUT2D eigenvalue weighted by atomic mass is 19.3. The Hall–Kier alpha value is -3.57. The predicted octanol–water partition coefficient (Wildman–Crippen LogP) is 1.99. The summed E-state index contributed by atoms with van der Waals surface area (Å²) in [5.41, 5.74) is 0.761. The number of halogens is 2. The van der Waals surface area contributed by atoms with Crippen molar-refractivity contribution in [3.05, 3.63) is 53.4 Å². The Morgan fingerprint density at radius 2 is 1.65 bits per heavy atom. The summed E-state index contributed by atoms with van der Waals surface area (Å²) < 4.78 is 29.5. The average Bonchev–Trinajstić information content (AvgIpc) is 3.39. The van der Waals surface area contributed by atoms with E-state index in [2.05, 4.69) is 30.9 Å². The van der Waals surface area contributed by atoms with Crippen LogP contribution in [0.5, 0.6) is 0 Å². The molecule has 3 aromatic rings. The first-order chi connectivity index (χ1) is 14.7. The van der Waals surface area contributed by atoms with Crippen LogP contribution in [0.25, 0.3) is 0 Å². The lowest BCUT2D eigenvalue weighted by molar-refractivity contribution is 0.0127. The number of carbonyl (C=O) groups is 2. The molecule has 164 valence electrons. The molecule has 0 saturated heterocycles. The van der Waals surface area contributed by atoms with Crippen molar-refractivity contribution in [3.8, 4) is 0 Å². The number of rotatable bonds is 10. The number of hydrogen-bond donors (Lipinski definition) is 1. The zero-order valence-corrected chi connectivity index (χ0v) is 17.1. The van der Waals surface area contributed by atoms with Gasteiger partial charge in [-0.15, -0.1) is 10.2 Å². The van der Waals surface area contributed by atoms with E-state index in [0.717, 1.165) is 19.8 Å². The molecule has 3 rings (SSSR count). The topological polar surface area (TPSA) is 120 Å². The number of Topliss-reactive ketones (excluding diaryl/α,β-unsaturated/α-hetero) is 1. The van der Waals surface area contributed by atoms with Crippen LogP contribution >= 0.6 is 0 Å². The number of hydrogen-bond acceptors (Lipinski definition) is 7. The lowest BCUT2D eigenvalue weighted by atomic mass is 10.2. The van der Waals surface area contributed by atoms with E-state index in [1.807, 2.05) is 0 Å². The second-order valence-electron chi connectivity index (χ2n) is 7.12. The van der Waals surface area contributed by atoms with Gasteiger partial charge in [-0.25, -0.2) is 0 Å². The van der Waals surface area contributed by atoms with Crippen LogP contribution in [0.2, 0.25) is 0 Å². The van der Waals surface area contributed by atoms with E-state index in [9.17, 15) is 18.4 Å². The molecule has 3 aromatic heterocycles. The van der Waals surface area contributed by atoms with Crippen molar-refractivity contribution < 1.29 is 18.4 Å². The third-order valence-electron chi connectivity index (χ3n) is 4.42. The Kier molecular flexibility index (Phi) is 6.78. The molecule has 0 aliphatic carbocycles. The highest BCUT2D eigenvalue weighted by molar-refractivity contribution is 5.92. The first-order valence-electron chi connectivity index (χ1n) is 9.65. The van der Waals surface area contributed by atoms with Crippen molar-refractivity contribution in [3.63, 3.8) is 0 Å². The van der Waals surface area contributed by atoms with Gasteiger partial charge in [0.1, 0.15) is 11.4 Å². The molecule has 0 fully saturated rings. The van der Waals surface area contributed by atoms with Crippen molar-refractivity contribution in [2.24, 2.45) is 0 Å². The van der Waals surface area contributed by atoms with Gasteiger partial charge < -0.3 is 5.32 Å². The summed E-state index contributed by atoms with van der Waals surface area (Å²) in [6.45, 7) is 3.52. The Labute approximate surface area is 176 Å². The molecule has 31 heavy (non-hydrogen) atoms. The van der Waals surface area contributed by atoms with Crippen LogP contribution in [-0.4, -0.2) is 46.7 Å². The highest BCUT2D eigenvalue weighted by Gasteiger charge is 2.25. The zero-order chi connectivity index (χ0) is 22.4. The molecule has 0 aliphatic rings. The Morgan fingerprint density at radius 1 is 1.03 bits per heavy atom. The molecule has 0 saturated carbocycles. The highest BCUT2D eigenvalue weighted by Crippen LogP contribution is 2.24. The molecular weight excluding hydrogens is 410 g/mol. The normalized spacial score (nSPS) is 11.5. The lowest BCUT2D eigenvalue weighted by Crippen LogP contribution is -2.23. The monoisotopic (exact) mass is 432 g/mol. The molecule has 0 aromatic carbocycles. The number of amides is 1. The van der Waals surface area contributed by atoms with Crippen LogP contribution in [0.4, 0.5) is 8.78 Å². The van der Waals surface area contributed by atoms with Gasteiger partial charge in [-0.05, 0) is 24.5 Å². The second kappa shape index (κ2) is 9.49. The van der Waals surface area contributed by atoms with Gasteiger partial charge in [0.25, 0.3) is 11.8 Å². The quantitative estimate of drug-likeness (QED) is 0.384. The number of aryl methyl sites for hydroxylation is 2. The van der Waals surface area contributed by atoms with Crippen LogP contribution in [0.1, 0.15) is 58.9 Å². The number of pyridine rings is 1. The maximum Gasteiger partial charge on any atom is 0.286 e. The largest absolute Gasteiger partial charge is 0.346 e. The van der Waals surface area contributed by atoms with E-state index in [1.54, 1.807) is 15.6 Å². The van der Waals surface area contributed by atoms with E-state index in [1.165, 1.54) is 31.5 Å². The van der Waals surface area contributed by atoms with Crippen molar-refractivity contribution in [2.45, 2.75) is 52.2 Å². The fraction of sp³-hybridized carbons (Fsp3) is 0.421. The standard InChI is InChI=1S/C19H22F2N8O2/c1-13(30)15-11-28(26-24-15)7-3-4-8-29-12-16(25-27-29)18(31)23-10-14-5-6-17(22-9-14)19(2,20)21/h5-6,9,11-12H,3-4,7-8,10H2,1-2H3,(H,23,31). The Bertz CT molecular complexity index is 1040. The summed E-state index contributed by atoms with van der Waals surface area (Å²) >= 11 is 0. The van der Waals surface area contributed by atoms with Gasteiger partial charge in [-0.2, -0.15) is 8.78 Å². The van der Waals surface area contributed by atoms with Crippen molar-refractivity contribution >= 4 is 11.7 Å². The predicted molar refractivity (Wildman–Crippen MR) is 104 cm³/mol. The molecule has 0 bridgehead atoms. The minimum Gasteiger partial charge on any atom is -0.346 e. The van der Waals surface area contributed by atoms with Gasteiger partial charge >= 0.3 is 0 Å². The molecule has 3 heterocycles. The second-order valence-corrected chi connectivity index (χ2v) is 7.12. The maximum absolute atomic E-state index is 13.2. The van der Waals surface area contributed by atoms with Gasteiger partial charge in [0.15, 0.2) is 11.5 Å². The summed E-state index contributed by atoms with van der Waals surface area (Å²) in [6, 6.07) is 2.73. The van der Waals surface area contributed by atoms with Gasteiger partial charge in [0, 0.05) is 39.7 Å². The number of ketones is 1. The molecule has 0 aliphatic heterocycles. The molecule has 0 atom stereocenters. The summed E-state index contributed by atoms with van der Waals surface area (Å²) in [4.78, 5) is 27.1. The SMILES string of the molecule is CC(=O)c1cn(CCCCn2cc(C(=O)NCc3ccc(C(C)(F)F)nc3)nn2)nn1. The van der Waals surface area contributed by atoms with Crippen LogP contribution in [-0.2, 0) is 25.6 Å². The first-order valence-corrected chi connectivity index (χ1v) is 9.65. The summed E-state index contributed by atoms with van der Waals surface area (Å²) in [7, 11) is 0. The number of alkyl halides is 2. The summed E-state index contributed by atoms with van der Waals surface area (Å²) in [6.07, 6.45) is 5.99. The fourth-order valence-corrected chi connectivity index (χ4v) is 2.69. The van der Waals surface area contributed by atoms with Gasteiger partial charge in [-0.3, -0.25) is 23.9 Å². The van der Waals surface area contributed by atoms with Crippen molar-refractivity contribution in [1.82, 2.24) is 40.3 Å². The van der Waals surface area contributed by atoms with Gasteiger partial charge in [0.2, 0.25) is 0 Å². The lowest BCUT2D eigenvalue weighted by Gasteiger charge is -2.10. The number of aromatic nitrogens is 7. The number of carbonyl (C=O) groups excluding carboxylic acids is 2. The molecule has 12 heteroatoms. The summed E-state index contributed by atoms with van der Waals surface area (Å²) in [5, 5.41) is 18.1. The molecule has 0 spiro atoms. The number of nitrogens with one attached hydrogen (secondary N) is 1. The summed E-state index contributed by atoms with van der Waals surface area (Å²) in [5.74, 6) is -3.56. The van der Waals surface area contributed by atoms with Crippen LogP contribution in [0.3, 0.4) is 0 Å². The zero-order valence-electron chi connectivity index (χ0n) is 17.1. The maximum atomic E-state index is 13.2. The molecule has 1 amide bonds. The van der Waals surface area contributed by atoms with Crippen LogP contribution in [0.15, 0.2) is 30.7 Å². The van der Waals surface area contributed by atoms with E-state index in [-0.39, 0.29) is 23.7 Å². The van der Waals surface area contributed by atoms with Crippen molar-refractivity contribution in [2.75, 3.05) is 0 Å². The first kappa shape index (κ1) is 22.1. The minimum absolute atomic E-state index is 0.129. The molecule has 10 nitrogen and oxygen atoms in total. The van der Waals surface area contributed by atoms with Gasteiger partial charge in [-0.1, -0.05) is 16.5 Å². The van der Waals surface area contributed by atoms with Crippen LogP contribution in [0, 0.1) is 0 Å². The molecular formula is C19H22F2N8O2. The molecule has 0 unspecified atom stereocenters. The van der Waals surface area contributed by atoms with E-state index in [0.29, 0.717) is 24.3 Å². The van der Waals surface area contributed by atoms with Crippen LogP contribution < -0.4 is 5.32 Å².